The molecule has 3 heterocycles. The first-order valence-corrected chi connectivity index (χ1v) is 11.0. The van der Waals surface area contributed by atoms with Crippen LogP contribution in [-0.2, 0) is 0 Å². The zero-order valence-electron chi connectivity index (χ0n) is 15.9. The first-order valence-electron chi connectivity index (χ1n) is 8.95. The van der Waals surface area contributed by atoms with Gasteiger partial charge in [-0.15, -0.1) is 0 Å². The van der Waals surface area contributed by atoms with Crippen molar-refractivity contribution >= 4 is 56.0 Å². The standard InChI is InChI=1S/C18H23ClN6OS2/c1-9(2)6-12(8-26)22-15-14-16(23-17(20)28-14)25-18(24-15)27-10(3)13-5-4-11(19)7-21-13/h4-5,7,9-10,12,26H,6,8H2,1-3H3,(H3,20,22,23,24,25). The minimum Gasteiger partial charge on any atom is -0.394 e. The molecule has 0 aliphatic carbocycles. The summed E-state index contributed by atoms with van der Waals surface area (Å²) >= 11 is 8.74. The number of halogens is 1. The topological polar surface area (TPSA) is 110 Å². The third-order valence-corrected chi connectivity index (χ3v) is 6.11. The van der Waals surface area contributed by atoms with Crippen molar-refractivity contribution in [3.8, 4) is 0 Å². The van der Waals surface area contributed by atoms with Crippen LogP contribution in [0.5, 0.6) is 0 Å². The van der Waals surface area contributed by atoms with Gasteiger partial charge in [0.2, 0.25) is 0 Å². The number of aliphatic hydroxyl groups is 1. The van der Waals surface area contributed by atoms with Crippen molar-refractivity contribution in [3.63, 3.8) is 0 Å². The van der Waals surface area contributed by atoms with E-state index in [4.69, 9.17) is 17.3 Å². The van der Waals surface area contributed by atoms with Crippen molar-refractivity contribution in [1.29, 1.82) is 0 Å². The Labute approximate surface area is 177 Å². The molecule has 0 radical (unpaired) electrons. The summed E-state index contributed by atoms with van der Waals surface area (Å²) in [6, 6.07) is 3.61. The second-order valence-electron chi connectivity index (χ2n) is 6.87. The second-order valence-corrected chi connectivity index (χ2v) is 9.65. The first kappa shape index (κ1) is 21.0. The minimum atomic E-state index is -0.102. The fourth-order valence-corrected chi connectivity index (χ4v) is 4.45. The molecular formula is C18H23ClN6OS2. The summed E-state index contributed by atoms with van der Waals surface area (Å²) < 4.78 is 0.793. The van der Waals surface area contributed by atoms with E-state index in [0.717, 1.165) is 16.8 Å². The number of nitrogen functional groups attached to an aromatic ring is 1. The predicted molar refractivity (Wildman–Crippen MR) is 117 cm³/mol. The molecule has 2 unspecified atom stereocenters. The number of rotatable bonds is 8. The van der Waals surface area contributed by atoms with Gasteiger partial charge in [0.1, 0.15) is 4.70 Å². The Bertz CT molecular complexity index is 934. The van der Waals surface area contributed by atoms with Crippen LogP contribution in [0.25, 0.3) is 10.3 Å². The lowest BCUT2D eigenvalue weighted by Gasteiger charge is -2.19. The van der Waals surface area contributed by atoms with Crippen molar-refractivity contribution in [2.75, 3.05) is 17.7 Å². The van der Waals surface area contributed by atoms with Gasteiger partial charge < -0.3 is 16.2 Å². The van der Waals surface area contributed by atoms with Gasteiger partial charge in [-0.3, -0.25) is 4.98 Å². The van der Waals surface area contributed by atoms with Gasteiger partial charge in [0.05, 0.1) is 28.6 Å². The SMILES string of the molecule is CC(C)CC(CO)Nc1nc(SC(C)c2ccc(Cl)cn2)nc2nc(N)sc12. The summed E-state index contributed by atoms with van der Waals surface area (Å²) in [5.74, 6) is 1.09. The van der Waals surface area contributed by atoms with Crippen LogP contribution in [0.3, 0.4) is 0 Å². The average molecular weight is 439 g/mol. The van der Waals surface area contributed by atoms with E-state index in [1.807, 2.05) is 19.1 Å². The molecule has 0 aliphatic heterocycles. The Hall–Kier alpha value is -1.68. The van der Waals surface area contributed by atoms with E-state index in [1.165, 1.54) is 23.1 Å². The smallest absolute Gasteiger partial charge is 0.192 e. The Morgan fingerprint density at radius 3 is 2.68 bits per heavy atom. The number of hydrogen-bond acceptors (Lipinski definition) is 9. The molecule has 0 bridgehead atoms. The largest absolute Gasteiger partial charge is 0.394 e. The van der Waals surface area contributed by atoms with Crippen LogP contribution < -0.4 is 11.1 Å². The zero-order valence-corrected chi connectivity index (χ0v) is 18.3. The lowest BCUT2D eigenvalue weighted by atomic mass is 10.0. The van der Waals surface area contributed by atoms with Gasteiger partial charge in [-0.05, 0) is 31.4 Å². The number of aromatic nitrogens is 4. The van der Waals surface area contributed by atoms with Crippen LogP contribution in [0.1, 0.15) is 38.1 Å². The van der Waals surface area contributed by atoms with Crippen LogP contribution in [-0.4, -0.2) is 37.7 Å². The molecule has 0 aromatic carbocycles. The molecule has 3 aromatic heterocycles. The van der Waals surface area contributed by atoms with Crippen molar-refractivity contribution in [2.45, 2.75) is 43.6 Å². The van der Waals surface area contributed by atoms with Gasteiger partial charge >= 0.3 is 0 Å². The number of nitrogens with two attached hydrogens (primary N) is 1. The van der Waals surface area contributed by atoms with Crippen molar-refractivity contribution in [3.05, 3.63) is 29.0 Å². The molecule has 0 amide bonds. The highest BCUT2D eigenvalue weighted by atomic mass is 35.5. The molecule has 0 spiro atoms. The molecule has 0 saturated carbocycles. The summed E-state index contributed by atoms with van der Waals surface area (Å²) in [5.41, 5.74) is 7.34. The predicted octanol–water partition coefficient (Wildman–Crippen LogP) is 4.39. The van der Waals surface area contributed by atoms with Gasteiger partial charge in [-0.25, -0.2) is 15.0 Å². The van der Waals surface area contributed by atoms with E-state index in [9.17, 15) is 5.11 Å². The third kappa shape index (κ3) is 5.22. The molecule has 0 aliphatic rings. The van der Waals surface area contributed by atoms with E-state index in [2.05, 4.69) is 39.1 Å². The Morgan fingerprint density at radius 2 is 2.04 bits per heavy atom. The van der Waals surface area contributed by atoms with E-state index >= 15 is 0 Å². The normalized spacial score (nSPS) is 13.8. The maximum atomic E-state index is 9.73. The number of pyridine rings is 1. The molecule has 0 saturated heterocycles. The lowest BCUT2D eigenvalue weighted by Crippen LogP contribution is -2.26. The molecule has 10 heteroatoms. The fraction of sp³-hybridized carbons (Fsp3) is 0.444. The fourth-order valence-electron chi connectivity index (χ4n) is 2.76. The highest BCUT2D eigenvalue weighted by molar-refractivity contribution is 7.99. The summed E-state index contributed by atoms with van der Waals surface area (Å²) in [5, 5.41) is 14.7. The highest BCUT2D eigenvalue weighted by Crippen LogP contribution is 2.36. The summed E-state index contributed by atoms with van der Waals surface area (Å²) in [6.07, 6.45) is 2.45. The molecule has 150 valence electrons. The molecule has 3 rings (SSSR count). The lowest BCUT2D eigenvalue weighted by molar-refractivity contribution is 0.259. The second kappa shape index (κ2) is 9.21. The minimum absolute atomic E-state index is 0.0194. The molecule has 4 N–H and O–H groups in total. The summed E-state index contributed by atoms with van der Waals surface area (Å²) in [4.78, 5) is 17.9. The van der Waals surface area contributed by atoms with Gasteiger partial charge in [-0.2, -0.15) is 0 Å². The third-order valence-electron chi connectivity index (χ3n) is 4.02. The Morgan fingerprint density at radius 1 is 1.25 bits per heavy atom. The van der Waals surface area contributed by atoms with Gasteiger partial charge in [-0.1, -0.05) is 48.5 Å². The van der Waals surface area contributed by atoms with E-state index < -0.39 is 0 Å². The van der Waals surface area contributed by atoms with Crippen LogP contribution in [0, 0.1) is 5.92 Å². The first-order chi connectivity index (χ1) is 13.4. The molecule has 28 heavy (non-hydrogen) atoms. The van der Waals surface area contributed by atoms with E-state index in [1.54, 1.807) is 6.20 Å². The van der Waals surface area contributed by atoms with Crippen molar-refractivity contribution < 1.29 is 5.11 Å². The number of hydrogen-bond donors (Lipinski definition) is 3. The molecular weight excluding hydrogens is 416 g/mol. The number of anilines is 2. The molecule has 0 fully saturated rings. The molecule has 2 atom stereocenters. The monoisotopic (exact) mass is 438 g/mol. The number of aliphatic hydroxyl groups excluding tert-OH is 1. The Kier molecular flexibility index (Phi) is 6.92. The maximum absolute atomic E-state index is 9.73. The van der Waals surface area contributed by atoms with Crippen molar-refractivity contribution in [1.82, 2.24) is 19.9 Å². The van der Waals surface area contributed by atoms with Crippen LogP contribution in [0.4, 0.5) is 10.9 Å². The maximum Gasteiger partial charge on any atom is 0.192 e. The Balaban J connectivity index is 1.89. The summed E-state index contributed by atoms with van der Waals surface area (Å²) in [7, 11) is 0. The van der Waals surface area contributed by atoms with Crippen LogP contribution >= 0.6 is 34.7 Å². The summed E-state index contributed by atoms with van der Waals surface area (Å²) in [6.45, 7) is 6.29. The molecule has 7 nitrogen and oxygen atoms in total. The van der Waals surface area contributed by atoms with Gasteiger partial charge in [0.15, 0.2) is 21.8 Å². The van der Waals surface area contributed by atoms with Gasteiger partial charge in [0, 0.05) is 6.20 Å². The van der Waals surface area contributed by atoms with E-state index in [0.29, 0.717) is 32.7 Å². The number of thiazole rings is 1. The van der Waals surface area contributed by atoms with Crippen molar-refractivity contribution in [2.24, 2.45) is 5.92 Å². The van der Waals surface area contributed by atoms with Crippen LogP contribution in [0.15, 0.2) is 23.5 Å². The number of nitrogens with one attached hydrogen (secondary N) is 1. The van der Waals surface area contributed by atoms with Crippen LogP contribution in [0.2, 0.25) is 5.02 Å². The number of thioether (sulfide) groups is 1. The average Bonchev–Trinajstić information content (AvgIpc) is 3.01. The molecule has 3 aromatic rings. The van der Waals surface area contributed by atoms with Gasteiger partial charge in [0.25, 0.3) is 0 Å². The number of nitrogens with zero attached hydrogens (tertiary/aromatic N) is 4. The number of fused-ring (bicyclic) bond motifs is 1. The zero-order chi connectivity index (χ0) is 20.3. The quantitative estimate of drug-likeness (QED) is 0.351. The highest BCUT2D eigenvalue weighted by Gasteiger charge is 2.19. The van der Waals surface area contributed by atoms with E-state index in [-0.39, 0.29) is 17.9 Å².